The lowest BCUT2D eigenvalue weighted by atomic mass is 9.82. The molecule has 9 heavy (non-hydrogen) atoms. The summed E-state index contributed by atoms with van der Waals surface area (Å²) in [5.74, 6) is -0.969. The van der Waals surface area contributed by atoms with Crippen LogP contribution in [0.4, 0.5) is 0 Å². The van der Waals surface area contributed by atoms with Gasteiger partial charge in [0.15, 0.2) is 0 Å². The van der Waals surface area contributed by atoms with Gasteiger partial charge in [-0.05, 0) is 12.8 Å². The van der Waals surface area contributed by atoms with Crippen LogP contribution in [0, 0.1) is 5.92 Å². The molecular weight excluding hydrogens is 120 g/mol. The van der Waals surface area contributed by atoms with Gasteiger partial charge in [0.25, 0.3) is 0 Å². The van der Waals surface area contributed by atoms with Crippen molar-refractivity contribution >= 4 is 5.97 Å². The SMILES string of the molecule is CO[C@@H]1CC[C@@H]1C(=O)O. The summed E-state index contributed by atoms with van der Waals surface area (Å²) in [5.41, 5.74) is 0. The van der Waals surface area contributed by atoms with E-state index in [1.165, 1.54) is 0 Å². The van der Waals surface area contributed by atoms with E-state index >= 15 is 0 Å². The van der Waals surface area contributed by atoms with E-state index in [-0.39, 0.29) is 12.0 Å². The summed E-state index contributed by atoms with van der Waals surface area (Å²) in [5, 5.41) is 8.45. The maximum absolute atomic E-state index is 10.3. The molecule has 0 saturated heterocycles. The number of carbonyl (C=O) groups is 1. The smallest absolute Gasteiger partial charge is 0.309 e. The molecule has 0 aromatic rings. The Labute approximate surface area is 53.6 Å². The van der Waals surface area contributed by atoms with Crippen molar-refractivity contribution in [2.24, 2.45) is 5.92 Å². The van der Waals surface area contributed by atoms with Gasteiger partial charge in [0.1, 0.15) is 0 Å². The van der Waals surface area contributed by atoms with E-state index in [0.29, 0.717) is 0 Å². The summed E-state index contributed by atoms with van der Waals surface area (Å²) in [6.07, 6.45) is 1.64. The van der Waals surface area contributed by atoms with Crippen LogP contribution in [0.2, 0.25) is 0 Å². The number of hydrogen-bond donors (Lipinski definition) is 1. The van der Waals surface area contributed by atoms with Crippen molar-refractivity contribution in [3.8, 4) is 0 Å². The van der Waals surface area contributed by atoms with Crippen LogP contribution in [0.3, 0.4) is 0 Å². The Morgan fingerprint density at radius 1 is 1.67 bits per heavy atom. The van der Waals surface area contributed by atoms with E-state index in [1.54, 1.807) is 7.11 Å². The average molecular weight is 130 g/mol. The lowest BCUT2D eigenvalue weighted by molar-refractivity contribution is -0.153. The number of rotatable bonds is 2. The Hall–Kier alpha value is -0.570. The van der Waals surface area contributed by atoms with Gasteiger partial charge >= 0.3 is 5.97 Å². The van der Waals surface area contributed by atoms with Crippen LogP contribution in [-0.4, -0.2) is 24.3 Å². The Bertz CT molecular complexity index is 119. The molecule has 0 aliphatic heterocycles. The van der Waals surface area contributed by atoms with Crippen molar-refractivity contribution < 1.29 is 14.6 Å². The molecule has 1 aliphatic carbocycles. The Morgan fingerprint density at radius 2 is 2.33 bits per heavy atom. The van der Waals surface area contributed by atoms with Gasteiger partial charge in [0.2, 0.25) is 0 Å². The molecule has 0 heterocycles. The fourth-order valence-electron chi connectivity index (χ4n) is 1.03. The van der Waals surface area contributed by atoms with Gasteiger partial charge in [-0.25, -0.2) is 0 Å². The third kappa shape index (κ3) is 1.05. The van der Waals surface area contributed by atoms with Gasteiger partial charge in [0, 0.05) is 7.11 Å². The highest BCUT2D eigenvalue weighted by molar-refractivity contribution is 5.71. The van der Waals surface area contributed by atoms with Gasteiger partial charge in [-0.3, -0.25) is 4.79 Å². The largest absolute Gasteiger partial charge is 0.481 e. The lowest BCUT2D eigenvalue weighted by Crippen LogP contribution is -2.38. The van der Waals surface area contributed by atoms with Crippen molar-refractivity contribution in [3.63, 3.8) is 0 Å². The number of carboxylic acids is 1. The van der Waals surface area contributed by atoms with Crippen molar-refractivity contribution in [1.82, 2.24) is 0 Å². The summed E-state index contributed by atoms with van der Waals surface area (Å²) in [6.45, 7) is 0. The molecule has 3 heteroatoms. The number of methoxy groups -OCH3 is 1. The molecule has 0 amide bonds. The van der Waals surface area contributed by atoms with E-state index in [9.17, 15) is 4.79 Å². The molecule has 1 saturated carbocycles. The monoisotopic (exact) mass is 130 g/mol. The van der Waals surface area contributed by atoms with Crippen LogP contribution < -0.4 is 0 Å². The van der Waals surface area contributed by atoms with Crippen LogP contribution in [-0.2, 0) is 9.53 Å². The van der Waals surface area contributed by atoms with Gasteiger partial charge in [0.05, 0.1) is 12.0 Å². The molecule has 0 radical (unpaired) electrons. The first-order valence-electron chi connectivity index (χ1n) is 3.01. The van der Waals surface area contributed by atoms with E-state index in [2.05, 4.69) is 0 Å². The standard InChI is InChI=1S/C6H10O3/c1-9-5-3-2-4(5)6(7)8/h4-5H,2-3H2,1H3,(H,7,8)/t4-,5+/m0/s1. The van der Waals surface area contributed by atoms with Crippen molar-refractivity contribution in [2.75, 3.05) is 7.11 Å². The van der Waals surface area contributed by atoms with E-state index < -0.39 is 5.97 Å². The van der Waals surface area contributed by atoms with Crippen molar-refractivity contribution in [1.29, 1.82) is 0 Å². The second-order valence-electron chi connectivity index (χ2n) is 2.30. The molecule has 0 bridgehead atoms. The predicted octanol–water partition coefficient (Wildman–Crippen LogP) is 0.496. The highest BCUT2D eigenvalue weighted by atomic mass is 16.5. The molecule has 1 fully saturated rings. The Kier molecular flexibility index (Phi) is 1.71. The summed E-state index contributed by atoms with van der Waals surface area (Å²) in [6, 6.07) is 0. The second-order valence-corrected chi connectivity index (χ2v) is 2.30. The van der Waals surface area contributed by atoms with E-state index in [0.717, 1.165) is 12.8 Å². The zero-order chi connectivity index (χ0) is 6.85. The molecule has 0 spiro atoms. The fourth-order valence-corrected chi connectivity index (χ4v) is 1.03. The predicted molar refractivity (Wildman–Crippen MR) is 31.2 cm³/mol. The molecule has 3 nitrogen and oxygen atoms in total. The molecule has 1 N–H and O–H groups in total. The summed E-state index contributed by atoms with van der Waals surface area (Å²) < 4.78 is 4.88. The molecule has 0 aromatic carbocycles. The number of carboxylic acid groups (broad SMARTS) is 1. The zero-order valence-electron chi connectivity index (χ0n) is 5.33. The third-order valence-electron chi connectivity index (χ3n) is 1.83. The molecule has 52 valence electrons. The molecule has 1 rings (SSSR count). The van der Waals surface area contributed by atoms with Crippen LogP contribution in [0.15, 0.2) is 0 Å². The molecule has 0 aromatic heterocycles. The molecular formula is C6H10O3. The molecule has 2 atom stereocenters. The highest BCUT2D eigenvalue weighted by Crippen LogP contribution is 2.29. The number of aliphatic carboxylic acids is 1. The fraction of sp³-hybridized carbons (Fsp3) is 0.833. The average Bonchev–Trinajstić information content (AvgIpc) is 1.61. The highest BCUT2D eigenvalue weighted by Gasteiger charge is 2.36. The Balaban J connectivity index is 2.35. The molecule has 1 aliphatic rings. The minimum atomic E-state index is -0.729. The van der Waals surface area contributed by atoms with Crippen molar-refractivity contribution in [2.45, 2.75) is 18.9 Å². The summed E-state index contributed by atoms with van der Waals surface area (Å²) >= 11 is 0. The van der Waals surface area contributed by atoms with Crippen molar-refractivity contribution in [3.05, 3.63) is 0 Å². The minimum absolute atomic E-state index is 0.0255. The topological polar surface area (TPSA) is 46.5 Å². The minimum Gasteiger partial charge on any atom is -0.481 e. The van der Waals surface area contributed by atoms with Gasteiger partial charge in [-0.15, -0.1) is 0 Å². The van der Waals surface area contributed by atoms with E-state index in [1.807, 2.05) is 0 Å². The first-order chi connectivity index (χ1) is 4.25. The second kappa shape index (κ2) is 2.35. The maximum atomic E-state index is 10.3. The van der Waals surface area contributed by atoms with E-state index in [4.69, 9.17) is 9.84 Å². The van der Waals surface area contributed by atoms with Crippen LogP contribution >= 0.6 is 0 Å². The quantitative estimate of drug-likeness (QED) is 0.592. The van der Waals surface area contributed by atoms with Crippen LogP contribution in [0.5, 0.6) is 0 Å². The number of hydrogen-bond acceptors (Lipinski definition) is 2. The van der Waals surface area contributed by atoms with Gasteiger partial charge < -0.3 is 9.84 Å². The van der Waals surface area contributed by atoms with Gasteiger partial charge in [-0.1, -0.05) is 0 Å². The Morgan fingerprint density at radius 3 is 2.44 bits per heavy atom. The third-order valence-corrected chi connectivity index (χ3v) is 1.83. The van der Waals surface area contributed by atoms with Crippen LogP contribution in [0.1, 0.15) is 12.8 Å². The first-order valence-corrected chi connectivity index (χ1v) is 3.01. The zero-order valence-corrected chi connectivity index (χ0v) is 5.33. The lowest BCUT2D eigenvalue weighted by Gasteiger charge is -2.31. The normalized spacial score (nSPS) is 33.4. The maximum Gasteiger partial charge on any atom is 0.309 e. The summed E-state index contributed by atoms with van der Waals surface area (Å²) in [4.78, 5) is 10.3. The first kappa shape index (κ1) is 6.55. The van der Waals surface area contributed by atoms with Gasteiger partial charge in [-0.2, -0.15) is 0 Å². The number of ether oxygens (including phenoxy) is 1. The summed E-state index contributed by atoms with van der Waals surface area (Å²) in [7, 11) is 1.56. The molecule has 0 unspecified atom stereocenters. The van der Waals surface area contributed by atoms with Crippen LogP contribution in [0.25, 0.3) is 0 Å².